The van der Waals surface area contributed by atoms with Crippen LogP contribution >= 0.6 is 0 Å². The van der Waals surface area contributed by atoms with Gasteiger partial charge in [-0.3, -0.25) is 4.90 Å². The van der Waals surface area contributed by atoms with Gasteiger partial charge in [-0.25, -0.2) is 10.1 Å². The summed E-state index contributed by atoms with van der Waals surface area (Å²) in [5.74, 6) is 0.00542. The fourth-order valence-electron chi connectivity index (χ4n) is 5.83. The van der Waals surface area contributed by atoms with Crippen LogP contribution in [0.15, 0.2) is 78.4 Å². The van der Waals surface area contributed by atoms with E-state index in [0.717, 1.165) is 67.9 Å². The highest BCUT2D eigenvalue weighted by Gasteiger charge is 2.36. The van der Waals surface area contributed by atoms with Gasteiger partial charge in [0.25, 0.3) is 5.82 Å². The average molecular weight is 572 g/mol. The van der Waals surface area contributed by atoms with E-state index in [1.165, 1.54) is 11.1 Å². The van der Waals surface area contributed by atoms with Crippen molar-refractivity contribution in [3.8, 4) is 0 Å². The average Bonchev–Trinajstić information content (AvgIpc) is 2.94. The fourth-order valence-corrected chi connectivity index (χ4v) is 5.83. The van der Waals surface area contributed by atoms with Crippen molar-refractivity contribution in [3.63, 3.8) is 0 Å². The molecule has 9 heteroatoms. The van der Waals surface area contributed by atoms with Crippen LogP contribution in [-0.2, 0) is 38.6 Å². The molecule has 220 valence electrons. The summed E-state index contributed by atoms with van der Waals surface area (Å²) in [6, 6.07) is 12.2. The summed E-state index contributed by atoms with van der Waals surface area (Å²) in [4.78, 5) is 14.1. The van der Waals surface area contributed by atoms with Gasteiger partial charge in [0.2, 0.25) is 6.23 Å². The number of aromatic nitrogens is 1. The Hall–Kier alpha value is -4.21. The van der Waals surface area contributed by atoms with E-state index in [0.29, 0.717) is 18.2 Å². The minimum absolute atomic E-state index is 0.0180. The van der Waals surface area contributed by atoms with Crippen LogP contribution in [0.3, 0.4) is 0 Å². The molecule has 3 aliphatic rings. The van der Waals surface area contributed by atoms with Crippen LogP contribution in [0.4, 0.5) is 5.82 Å². The first kappa shape index (κ1) is 29.3. The topological polar surface area (TPSA) is 108 Å². The molecule has 0 bridgehead atoms. The molecular formula is C33H39N4O5+. The Labute approximate surface area is 246 Å². The number of nitrogens with one attached hydrogen (secondary N) is 2. The normalized spacial score (nSPS) is 20.8. The first-order valence-electron chi connectivity index (χ1n) is 14.2. The second kappa shape index (κ2) is 12.0. The second-order valence-electron chi connectivity index (χ2n) is 11.6. The number of carbonyl (C=O) groups is 1. The molecule has 3 aliphatic heterocycles. The van der Waals surface area contributed by atoms with E-state index in [2.05, 4.69) is 48.5 Å². The van der Waals surface area contributed by atoms with Crippen molar-refractivity contribution in [1.82, 2.24) is 4.90 Å². The van der Waals surface area contributed by atoms with Crippen molar-refractivity contribution in [2.45, 2.75) is 46.6 Å². The van der Waals surface area contributed by atoms with Gasteiger partial charge in [-0.15, -0.1) is 0 Å². The summed E-state index contributed by atoms with van der Waals surface area (Å²) in [6.45, 7) is 19.4. The third kappa shape index (κ3) is 5.89. The number of nitrogens with zero attached hydrogens (tertiary/aromatic N) is 2. The first-order chi connectivity index (χ1) is 20.1. The lowest BCUT2D eigenvalue weighted by atomic mass is 9.87. The van der Waals surface area contributed by atoms with Gasteiger partial charge in [0, 0.05) is 44.3 Å². The van der Waals surface area contributed by atoms with E-state index in [-0.39, 0.29) is 16.9 Å². The maximum atomic E-state index is 11.6. The van der Waals surface area contributed by atoms with Crippen LogP contribution in [0.25, 0.3) is 5.57 Å². The maximum Gasteiger partial charge on any atom is 0.345 e. The minimum atomic E-state index is -1.24. The lowest BCUT2D eigenvalue weighted by Crippen LogP contribution is -2.49. The number of ether oxygens (including phenoxy) is 3. The molecule has 5 rings (SSSR count). The highest BCUT2D eigenvalue weighted by molar-refractivity contribution is 6.08. The Morgan fingerprint density at radius 3 is 2.74 bits per heavy atom. The van der Waals surface area contributed by atoms with Gasteiger partial charge in [-0.05, 0) is 47.7 Å². The molecule has 42 heavy (non-hydrogen) atoms. The summed E-state index contributed by atoms with van der Waals surface area (Å²) >= 11 is 0. The van der Waals surface area contributed by atoms with Crippen LogP contribution in [-0.4, -0.2) is 48.5 Å². The molecule has 1 atom stereocenters. The minimum Gasteiger partial charge on any atom is -0.488 e. The number of benzene rings is 1. The number of carboxylic acids is 1. The quantitative estimate of drug-likeness (QED) is 0.122. The van der Waals surface area contributed by atoms with Crippen molar-refractivity contribution in [2.75, 3.05) is 31.6 Å². The lowest BCUT2D eigenvalue weighted by Gasteiger charge is -2.43. The third-order valence-electron chi connectivity index (χ3n) is 7.90. The van der Waals surface area contributed by atoms with Crippen LogP contribution in [0, 0.1) is 10.8 Å². The number of fused-ring (bicyclic) bond motifs is 2. The molecule has 2 aromatic rings. The van der Waals surface area contributed by atoms with E-state index in [1.807, 2.05) is 36.6 Å². The summed E-state index contributed by atoms with van der Waals surface area (Å²) in [7, 11) is 0. The number of hydrogen-bond acceptors (Lipinski definition) is 7. The Morgan fingerprint density at radius 1 is 1.31 bits per heavy atom. The van der Waals surface area contributed by atoms with E-state index in [9.17, 15) is 9.90 Å². The molecule has 1 unspecified atom stereocenters. The number of aliphatic carboxylic acids is 1. The van der Waals surface area contributed by atoms with Crippen LogP contribution in [0.5, 0.6) is 0 Å². The van der Waals surface area contributed by atoms with E-state index >= 15 is 0 Å². The zero-order chi connectivity index (χ0) is 30.0. The maximum absolute atomic E-state index is 11.6. The largest absolute Gasteiger partial charge is 0.488 e. The van der Waals surface area contributed by atoms with Gasteiger partial charge in [0.15, 0.2) is 5.57 Å². The summed E-state index contributed by atoms with van der Waals surface area (Å²) in [6.07, 6.45) is 2.94. The molecule has 4 heterocycles. The molecule has 0 aliphatic carbocycles. The van der Waals surface area contributed by atoms with Gasteiger partial charge in [-0.1, -0.05) is 44.4 Å². The second-order valence-corrected chi connectivity index (χ2v) is 11.6. The summed E-state index contributed by atoms with van der Waals surface area (Å²) < 4.78 is 19.7. The van der Waals surface area contributed by atoms with Gasteiger partial charge in [0.1, 0.15) is 18.1 Å². The molecule has 9 nitrogen and oxygen atoms in total. The van der Waals surface area contributed by atoms with E-state index in [1.54, 1.807) is 6.08 Å². The molecule has 0 amide bonds. The van der Waals surface area contributed by atoms with Gasteiger partial charge >= 0.3 is 11.9 Å². The Balaban J connectivity index is 1.38. The molecule has 1 fully saturated rings. The van der Waals surface area contributed by atoms with Crippen molar-refractivity contribution in [1.29, 1.82) is 5.41 Å². The predicted octanol–water partition coefficient (Wildman–Crippen LogP) is 4.97. The van der Waals surface area contributed by atoms with Gasteiger partial charge < -0.3 is 24.7 Å². The Bertz CT molecular complexity index is 1500. The molecular weight excluding hydrogens is 532 g/mol. The van der Waals surface area contributed by atoms with E-state index < -0.39 is 12.2 Å². The lowest BCUT2D eigenvalue weighted by molar-refractivity contribution is -0.750. The number of carboxylic acid groups (broad SMARTS) is 1. The summed E-state index contributed by atoms with van der Waals surface area (Å²) in [5.41, 5.74) is 6.09. The van der Waals surface area contributed by atoms with Gasteiger partial charge in [0.05, 0.1) is 18.8 Å². The Morgan fingerprint density at radius 2 is 2.10 bits per heavy atom. The van der Waals surface area contributed by atoms with Crippen LogP contribution < -0.4 is 9.88 Å². The standard InChI is InChI=1S/C33H38N4O5/c1-6-26(28-8-7-9-29-35-31(27(15-34)32(38)39)42-22(4)37(28)29)30(21(2)3)41-17-23-10-11-25-16-36(13-12-24(25)14-23)18-33(5)19-40-20-33/h6-11,14-15,22,34H,1-2,12-13,16-20H2,3-5H3,(H,38,39)/p+1/b30-26-,31-27-,34-15?. The smallest absolute Gasteiger partial charge is 0.345 e. The first-order valence-corrected chi connectivity index (χ1v) is 14.2. The number of pyridine rings is 1. The number of rotatable bonds is 10. The number of anilines is 1. The molecule has 0 saturated carbocycles. The third-order valence-corrected chi connectivity index (χ3v) is 7.90. The number of allylic oxidation sites excluding steroid dienone is 3. The fraction of sp³-hybridized carbons (Fsp3) is 0.364. The molecule has 1 aromatic heterocycles. The van der Waals surface area contributed by atoms with Crippen molar-refractivity contribution >= 4 is 23.6 Å². The molecule has 1 aromatic carbocycles. The highest BCUT2D eigenvalue weighted by Crippen LogP contribution is 2.32. The SMILES string of the molecule is C=C/C(=C(/OCc1ccc2c(c1)CCN(CC1(C)COC1)C2)C(=C)C)c1cccc2[n+]1C(C)O/C(=C(/C=N)C(=O)O)N2. The number of hydrogen-bond donors (Lipinski definition) is 3. The molecule has 0 spiro atoms. The van der Waals surface area contributed by atoms with Crippen molar-refractivity contribution in [3.05, 3.63) is 101 Å². The van der Waals surface area contributed by atoms with Crippen molar-refractivity contribution < 1.29 is 28.7 Å². The predicted molar refractivity (Wildman–Crippen MR) is 161 cm³/mol. The van der Waals surface area contributed by atoms with Gasteiger partial charge in [-0.2, -0.15) is 4.57 Å². The van der Waals surface area contributed by atoms with Crippen LogP contribution in [0.2, 0.25) is 0 Å². The Kier molecular flexibility index (Phi) is 8.34. The molecule has 0 radical (unpaired) electrons. The molecule has 3 N–H and O–H groups in total. The van der Waals surface area contributed by atoms with Crippen molar-refractivity contribution in [2.24, 2.45) is 5.41 Å². The molecule has 1 saturated heterocycles. The monoisotopic (exact) mass is 571 g/mol. The highest BCUT2D eigenvalue weighted by atomic mass is 16.5. The van der Waals surface area contributed by atoms with E-state index in [4.69, 9.17) is 19.6 Å². The zero-order valence-corrected chi connectivity index (χ0v) is 24.5. The zero-order valence-electron chi connectivity index (χ0n) is 24.5. The van der Waals surface area contributed by atoms with Crippen LogP contribution in [0.1, 0.15) is 49.4 Å². The summed E-state index contributed by atoms with van der Waals surface area (Å²) in [5, 5.41) is 20.0.